The number of piperazine rings is 1. The summed E-state index contributed by atoms with van der Waals surface area (Å²) in [5, 5.41) is 14.3. The summed E-state index contributed by atoms with van der Waals surface area (Å²) in [4.78, 5) is 39.9. The molecule has 2 aromatic carbocycles. The third kappa shape index (κ3) is 5.32. The van der Waals surface area contributed by atoms with Crippen LogP contribution in [0.1, 0.15) is 24.4 Å². The van der Waals surface area contributed by atoms with E-state index < -0.39 is 10.8 Å². The molecule has 1 aromatic heterocycles. The highest BCUT2D eigenvalue weighted by molar-refractivity contribution is 6.02. The van der Waals surface area contributed by atoms with Crippen molar-refractivity contribution in [3.8, 4) is 17.1 Å². The minimum atomic E-state index is -0.524. The van der Waals surface area contributed by atoms with Crippen molar-refractivity contribution in [1.82, 2.24) is 4.90 Å². The summed E-state index contributed by atoms with van der Waals surface area (Å²) in [6, 6.07) is 14.9. The van der Waals surface area contributed by atoms with E-state index in [9.17, 15) is 19.7 Å². The SMILES string of the molecule is COc1ccc(-c2ccc(C(=O)Nc3ccc(N4CCN(C(=O)C(C)C)CC4)cc3)o2)c([N+](=O)[O-])c1. The molecule has 2 heterocycles. The zero-order valence-electron chi connectivity index (χ0n) is 20.4. The lowest BCUT2D eigenvalue weighted by Crippen LogP contribution is -2.49. The number of methoxy groups -OCH3 is 1. The molecule has 0 atom stereocenters. The number of benzene rings is 2. The molecule has 0 spiro atoms. The lowest BCUT2D eigenvalue weighted by molar-refractivity contribution is -0.384. The van der Waals surface area contributed by atoms with Gasteiger partial charge < -0.3 is 24.3 Å². The van der Waals surface area contributed by atoms with Gasteiger partial charge in [-0.2, -0.15) is 0 Å². The third-order valence-corrected chi connectivity index (χ3v) is 6.07. The van der Waals surface area contributed by atoms with Crippen molar-refractivity contribution in [1.29, 1.82) is 0 Å². The van der Waals surface area contributed by atoms with Crippen LogP contribution >= 0.6 is 0 Å². The minimum absolute atomic E-state index is 0.00369. The molecular formula is C26H28N4O6. The number of amides is 2. The largest absolute Gasteiger partial charge is 0.497 e. The zero-order chi connectivity index (χ0) is 25.8. The van der Waals surface area contributed by atoms with Crippen LogP contribution in [0, 0.1) is 16.0 Å². The van der Waals surface area contributed by atoms with E-state index in [0.29, 0.717) is 24.5 Å². The Morgan fingerprint density at radius 2 is 1.72 bits per heavy atom. The predicted molar refractivity (Wildman–Crippen MR) is 135 cm³/mol. The van der Waals surface area contributed by atoms with E-state index in [-0.39, 0.29) is 34.6 Å². The van der Waals surface area contributed by atoms with Crippen LogP contribution in [0.25, 0.3) is 11.3 Å². The molecule has 2 amide bonds. The maximum Gasteiger partial charge on any atom is 0.291 e. The maximum absolute atomic E-state index is 12.7. The van der Waals surface area contributed by atoms with E-state index in [0.717, 1.165) is 18.8 Å². The molecule has 4 rings (SSSR count). The van der Waals surface area contributed by atoms with Crippen molar-refractivity contribution in [2.75, 3.05) is 43.5 Å². The fraction of sp³-hybridized carbons (Fsp3) is 0.308. The second-order valence-corrected chi connectivity index (χ2v) is 8.77. The topological polar surface area (TPSA) is 118 Å². The van der Waals surface area contributed by atoms with Crippen LogP contribution in [-0.2, 0) is 4.79 Å². The van der Waals surface area contributed by atoms with E-state index in [1.165, 1.54) is 31.4 Å². The van der Waals surface area contributed by atoms with Gasteiger partial charge in [0.05, 0.1) is 23.7 Å². The van der Waals surface area contributed by atoms with Gasteiger partial charge in [-0.05, 0) is 48.5 Å². The smallest absolute Gasteiger partial charge is 0.291 e. The first-order chi connectivity index (χ1) is 17.3. The van der Waals surface area contributed by atoms with Crippen molar-refractivity contribution >= 4 is 28.9 Å². The Hall–Kier alpha value is -4.34. The maximum atomic E-state index is 12.7. The van der Waals surface area contributed by atoms with Crippen LogP contribution in [0.15, 0.2) is 59.0 Å². The highest BCUT2D eigenvalue weighted by Gasteiger charge is 2.23. The van der Waals surface area contributed by atoms with E-state index >= 15 is 0 Å². The standard InChI is InChI=1S/C26H28N4O6/c1-17(2)26(32)29-14-12-28(13-15-29)19-6-4-18(5-7-19)27-25(31)24-11-10-23(36-24)21-9-8-20(35-3)16-22(21)30(33)34/h4-11,16-17H,12-15H2,1-3H3,(H,27,31). The monoisotopic (exact) mass is 492 g/mol. The van der Waals surface area contributed by atoms with E-state index in [1.807, 2.05) is 30.9 Å². The van der Waals surface area contributed by atoms with E-state index in [2.05, 4.69) is 10.2 Å². The zero-order valence-corrected chi connectivity index (χ0v) is 20.4. The second kappa shape index (κ2) is 10.5. The van der Waals surface area contributed by atoms with E-state index in [1.54, 1.807) is 18.2 Å². The van der Waals surface area contributed by atoms with Crippen LogP contribution in [0.3, 0.4) is 0 Å². The second-order valence-electron chi connectivity index (χ2n) is 8.77. The summed E-state index contributed by atoms with van der Waals surface area (Å²) >= 11 is 0. The molecule has 1 aliphatic heterocycles. The lowest BCUT2D eigenvalue weighted by atomic mass is 10.1. The molecular weight excluding hydrogens is 464 g/mol. The van der Waals surface area contributed by atoms with Crippen molar-refractivity contribution in [2.24, 2.45) is 5.92 Å². The predicted octanol–water partition coefficient (Wildman–Crippen LogP) is 4.42. The van der Waals surface area contributed by atoms with Crippen molar-refractivity contribution < 1.29 is 23.7 Å². The Morgan fingerprint density at radius 3 is 2.33 bits per heavy atom. The number of nitro groups is 1. The minimum Gasteiger partial charge on any atom is -0.497 e. The van der Waals surface area contributed by atoms with Crippen LogP contribution in [0.5, 0.6) is 5.75 Å². The number of furan rings is 1. The van der Waals surface area contributed by atoms with Gasteiger partial charge in [-0.25, -0.2) is 0 Å². The summed E-state index contributed by atoms with van der Waals surface area (Å²) in [5.74, 6) is 0.298. The normalized spacial score (nSPS) is 13.6. The number of carbonyl (C=O) groups excluding carboxylic acids is 2. The molecule has 1 N–H and O–H groups in total. The van der Waals surface area contributed by atoms with Gasteiger partial charge in [-0.15, -0.1) is 0 Å². The van der Waals surface area contributed by atoms with Crippen LogP contribution < -0.4 is 15.0 Å². The number of rotatable bonds is 7. The lowest BCUT2D eigenvalue weighted by Gasteiger charge is -2.37. The molecule has 3 aromatic rings. The number of anilines is 2. The van der Waals surface area contributed by atoms with Gasteiger partial charge in [-0.1, -0.05) is 13.8 Å². The number of hydrogen-bond donors (Lipinski definition) is 1. The van der Waals surface area contributed by atoms with Crippen molar-refractivity contribution in [2.45, 2.75) is 13.8 Å². The molecule has 0 unspecified atom stereocenters. The molecule has 1 fully saturated rings. The van der Waals surface area contributed by atoms with Gasteiger partial charge in [0.15, 0.2) is 5.76 Å². The molecule has 188 valence electrons. The fourth-order valence-corrected chi connectivity index (χ4v) is 4.10. The Morgan fingerprint density at radius 1 is 1.03 bits per heavy atom. The summed E-state index contributed by atoms with van der Waals surface area (Å²) in [7, 11) is 1.43. The number of hydrogen-bond acceptors (Lipinski definition) is 7. The van der Waals surface area contributed by atoms with Crippen LogP contribution in [0.2, 0.25) is 0 Å². The molecule has 0 radical (unpaired) electrons. The van der Waals surface area contributed by atoms with Gasteiger partial charge >= 0.3 is 0 Å². The Labute approximate surface area is 208 Å². The molecule has 0 saturated carbocycles. The molecule has 1 aliphatic rings. The molecule has 36 heavy (non-hydrogen) atoms. The number of carbonyl (C=O) groups is 2. The van der Waals surface area contributed by atoms with Crippen molar-refractivity contribution in [3.05, 3.63) is 70.5 Å². The third-order valence-electron chi connectivity index (χ3n) is 6.07. The number of nitro benzene ring substituents is 1. The van der Waals surface area contributed by atoms with E-state index in [4.69, 9.17) is 9.15 Å². The van der Waals surface area contributed by atoms with Gasteiger partial charge in [0.25, 0.3) is 11.6 Å². The average Bonchev–Trinajstić information content (AvgIpc) is 3.39. The summed E-state index contributed by atoms with van der Waals surface area (Å²) in [6.07, 6.45) is 0. The van der Waals surface area contributed by atoms with Crippen LogP contribution in [0.4, 0.5) is 17.1 Å². The highest BCUT2D eigenvalue weighted by atomic mass is 16.6. The summed E-state index contributed by atoms with van der Waals surface area (Å²) in [5.41, 5.74) is 1.67. The molecule has 0 aliphatic carbocycles. The Bertz CT molecular complexity index is 1260. The number of nitrogens with zero attached hydrogens (tertiary/aromatic N) is 3. The van der Waals surface area contributed by atoms with Gasteiger partial charge in [-0.3, -0.25) is 19.7 Å². The van der Waals surface area contributed by atoms with Gasteiger partial charge in [0, 0.05) is 43.5 Å². The molecule has 0 bridgehead atoms. The summed E-state index contributed by atoms with van der Waals surface area (Å²) in [6.45, 7) is 6.68. The first-order valence-corrected chi connectivity index (χ1v) is 11.6. The average molecular weight is 493 g/mol. The Balaban J connectivity index is 1.40. The van der Waals surface area contributed by atoms with Gasteiger partial charge in [0.2, 0.25) is 5.91 Å². The first kappa shape index (κ1) is 24.8. The number of nitrogens with one attached hydrogen (secondary N) is 1. The molecule has 1 saturated heterocycles. The fourth-order valence-electron chi connectivity index (χ4n) is 4.10. The Kier molecular flexibility index (Phi) is 7.23. The number of ether oxygens (including phenoxy) is 1. The summed E-state index contributed by atoms with van der Waals surface area (Å²) < 4.78 is 10.7. The highest BCUT2D eigenvalue weighted by Crippen LogP contribution is 2.34. The molecule has 10 nitrogen and oxygen atoms in total. The van der Waals surface area contributed by atoms with Crippen LogP contribution in [-0.4, -0.2) is 54.9 Å². The molecule has 10 heteroatoms. The first-order valence-electron chi connectivity index (χ1n) is 11.6. The van der Waals surface area contributed by atoms with Crippen molar-refractivity contribution in [3.63, 3.8) is 0 Å². The quantitative estimate of drug-likeness (QED) is 0.383. The van der Waals surface area contributed by atoms with Gasteiger partial charge in [0.1, 0.15) is 11.5 Å².